The van der Waals surface area contributed by atoms with Gasteiger partial charge in [-0.1, -0.05) is 24.3 Å². The largest absolute Gasteiger partial charge is 0.496 e. The summed E-state index contributed by atoms with van der Waals surface area (Å²) < 4.78 is 5.17. The average molecular weight is 327 g/mol. The molecule has 0 bridgehead atoms. The van der Waals surface area contributed by atoms with Crippen molar-refractivity contribution < 1.29 is 19.5 Å². The summed E-state index contributed by atoms with van der Waals surface area (Å²) in [6, 6.07) is 13.3. The van der Waals surface area contributed by atoms with Crippen molar-refractivity contribution in [2.24, 2.45) is 5.10 Å². The first kappa shape index (κ1) is 17.2. The zero-order valence-corrected chi connectivity index (χ0v) is 13.3. The van der Waals surface area contributed by atoms with Crippen LogP contribution in [0.5, 0.6) is 5.75 Å². The van der Waals surface area contributed by atoms with E-state index in [1.165, 1.54) is 30.5 Å². The summed E-state index contributed by atoms with van der Waals surface area (Å²) in [5.41, 5.74) is 2.98. The Hall–Kier alpha value is -3.19. The van der Waals surface area contributed by atoms with Crippen LogP contribution in [0.1, 0.15) is 26.3 Å². The molecule has 0 radical (unpaired) electrons. The number of ether oxygens (including phenoxy) is 1. The third-order valence-electron chi connectivity index (χ3n) is 3.29. The molecule has 0 unspecified atom stereocenters. The highest BCUT2D eigenvalue weighted by Gasteiger charge is 2.15. The summed E-state index contributed by atoms with van der Waals surface area (Å²) in [6.45, 7) is 0. The Morgan fingerprint density at radius 2 is 1.83 bits per heavy atom. The van der Waals surface area contributed by atoms with E-state index in [1.807, 2.05) is 0 Å². The predicted octanol–water partition coefficient (Wildman–Crippen LogP) is 1.92. The molecule has 0 aliphatic heterocycles. The number of methoxy groups -OCH3 is 1. The predicted molar refractivity (Wildman–Crippen MR) is 88.4 cm³/mol. The van der Waals surface area contributed by atoms with Gasteiger partial charge < -0.3 is 4.74 Å². The van der Waals surface area contributed by atoms with Gasteiger partial charge in [-0.05, 0) is 29.8 Å². The standard InChI is InChI=1S/C17H17N3O4/c1-20(17(22)14-5-3-4-6-15(14)24-2)18-11-12-7-9-13(10-8-12)16(21)19-23/h3-11,23H,1-2H3,(H,19,21). The number of carbonyl (C=O) groups excluding carboxylic acids is 2. The van der Waals surface area contributed by atoms with E-state index in [9.17, 15) is 9.59 Å². The average Bonchev–Trinajstić information content (AvgIpc) is 2.65. The van der Waals surface area contributed by atoms with Gasteiger partial charge in [0.15, 0.2) is 0 Å². The number of nitrogens with zero attached hydrogens (tertiary/aromatic N) is 2. The molecule has 0 saturated heterocycles. The monoisotopic (exact) mass is 327 g/mol. The lowest BCUT2D eigenvalue weighted by Crippen LogP contribution is -2.22. The number of para-hydroxylation sites is 1. The number of hydrazone groups is 1. The van der Waals surface area contributed by atoms with E-state index in [-0.39, 0.29) is 5.91 Å². The van der Waals surface area contributed by atoms with Gasteiger partial charge in [-0.25, -0.2) is 10.5 Å². The van der Waals surface area contributed by atoms with Crippen molar-refractivity contribution in [3.63, 3.8) is 0 Å². The van der Waals surface area contributed by atoms with Crippen LogP contribution >= 0.6 is 0 Å². The Bertz CT molecular complexity index is 757. The summed E-state index contributed by atoms with van der Waals surface area (Å²) in [7, 11) is 3.04. The molecule has 0 atom stereocenters. The van der Waals surface area contributed by atoms with Gasteiger partial charge >= 0.3 is 0 Å². The lowest BCUT2D eigenvalue weighted by molar-refractivity contribution is 0.0706. The van der Waals surface area contributed by atoms with Gasteiger partial charge in [-0.15, -0.1) is 0 Å². The van der Waals surface area contributed by atoms with Crippen molar-refractivity contribution in [3.05, 3.63) is 65.2 Å². The van der Waals surface area contributed by atoms with E-state index in [0.717, 1.165) is 0 Å². The van der Waals surface area contributed by atoms with Gasteiger partial charge in [0.25, 0.3) is 11.8 Å². The maximum Gasteiger partial charge on any atom is 0.277 e. The SMILES string of the molecule is COc1ccccc1C(=O)N(C)N=Cc1ccc(C(=O)NO)cc1. The van der Waals surface area contributed by atoms with Crippen molar-refractivity contribution in [1.29, 1.82) is 0 Å². The number of hydrogen-bond donors (Lipinski definition) is 2. The van der Waals surface area contributed by atoms with E-state index in [0.29, 0.717) is 22.4 Å². The minimum atomic E-state index is -0.595. The molecule has 24 heavy (non-hydrogen) atoms. The molecule has 7 nitrogen and oxygen atoms in total. The van der Waals surface area contributed by atoms with Crippen molar-refractivity contribution >= 4 is 18.0 Å². The van der Waals surface area contributed by atoms with Crippen molar-refractivity contribution in [2.75, 3.05) is 14.2 Å². The van der Waals surface area contributed by atoms with Crippen LogP contribution in [0, 0.1) is 0 Å². The molecule has 124 valence electrons. The minimum absolute atomic E-state index is 0.306. The summed E-state index contributed by atoms with van der Waals surface area (Å²) in [4.78, 5) is 23.6. The van der Waals surface area contributed by atoms with Gasteiger partial charge in [0.05, 0.1) is 18.9 Å². The Labute approximate surface area is 139 Å². The number of hydrogen-bond acceptors (Lipinski definition) is 5. The fourth-order valence-electron chi connectivity index (χ4n) is 1.99. The van der Waals surface area contributed by atoms with Gasteiger partial charge in [-0.2, -0.15) is 5.10 Å². The second-order valence-corrected chi connectivity index (χ2v) is 4.84. The molecule has 0 spiro atoms. The molecule has 0 aromatic heterocycles. The Kier molecular flexibility index (Phi) is 5.64. The normalized spacial score (nSPS) is 10.5. The molecule has 2 aromatic carbocycles. The fraction of sp³-hybridized carbons (Fsp3) is 0.118. The van der Waals surface area contributed by atoms with Crippen LogP contribution in [0.15, 0.2) is 53.6 Å². The van der Waals surface area contributed by atoms with Crippen molar-refractivity contribution in [1.82, 2.24) is 10.5 Å². The molecular formula is C17H17N3O4. The van der Waals surface area contributed by atoms with Crippen LogP contribution in [-0.4, -0.2) is 42.4 Å². The van der Waals surface area contributed by atoms with E-state index < -0.39 is 5.91 Å². The van der Waals surface area contributed by atoms with E-state index in [4.69, 9.17) is 9.94 Å². The second-order valence-electron chi connectivity index (χ2n) is 4.84. The first-order valence-electron chi connectivity index (χ1n) is 7.06. The van der Waals surface area contributed by atoms with Crippen molar-refractivity contribution in [3.8, 4) is 5.75 Å². The lowest BCUT2D eigenvalue weighted by atomic mass is 10.1. The molecule has 0 aliphatic rings. The Morgan fingerprint density at radius 3 is 2.46 bits per heavy atom. The molecule has 0 saturated carbocycles. The Balaban J connectivity index is 2.10. The number of benzene rings is 2. The topological polar surface area (TPSA) is 91.2 Å². The lowest BCUT2D eigenvalue weighted by Gasteiger charge is -2.13. The Morgan fingerprint density at radius 1 is 1.17 bits per heavy atom. The molecule has 2 amide bonds. The molecule has 2 aromatic rings. The van der Waals surface area contributed by atoms with Gasteiger partial charge in [0, 0.05) is 12.6 Å². The van der Waals surface area contributed by atoms with Gasteiger partial charge in [0.1, 0.15) is 5.75 Å². The maximum atomic E-state index is 12.4. The molecule has 0 fully saturated rings. The number of hydroxylamine groups is 1. The van der Waals surface area contributed by atoms with Crippen LogP contribution in [-0.2, 0) is 0 Å². The van der Waals surface area contributed by atoms with E-state index >= 15 is 0 Å². The summed E-state index contributed by atoms with van der Waals surface area (Å²) >= 11 is 0. The zero-order valence-electron chi connectivity index (χ0n) is 13.3. The highest BCUT2D eigenvalue weighted by atomic mass is 16.5. The van der Waals surface area contributed by atoms with E-state index in [1.54, 1.807) is 48.9 Å². The molecule has 2 rings (SSSR count). The highest BCUT2D eigenvalue weighted by molar-refractivity contribution is 5.97. The quantitative estimate of drug-likeness (QED) is 0.499. The van der Waals surface area contributed by atoms with Crippen molar-refractivity contribution in [2.45, 2.75) is 0 Å². The van der Waals surface area contributed by atoms with Crippen LogP contribution in [0.4, 0.5) is 0 Å². The first-order valence-corrected chi connectivity index (χ1v) is 7.06. The summed E-state index contributed by atoms with van der Waals surface area (Å²) in [6.07, 6.45) is 1.49. The summed E-state index contributed by atoms with van der Waals surface area (Å²) in [5.74, 6) is -0.425. The third-order valence-corrected chi connectivity index (χ3v) is 3.29. The van der Waals surface area contributed by atoms with E-state index in [2.05, 4.69) is 5.10 Å². The van der Waals surface area contributed by atoms with Crippen LogP contribution < -0.4 is 10.2 Å². The second kappa shape index (κ2) is 7.89. The first-order chi connectivity index (χ1) is 11.6. The minimum Gasteiger partial charge on any atom is -0.496 e. The van der Waals surface area contributed by atoms with Crippen LogP contribution in [0.25, 0.3) is 0 Å². The van der Waals surface area contributed by atoms with Crippen LogP contribution in [0.2, 0.25) is 0 Å². The highest BCUT2D eigenvalue weighted by Crippen LogP contribution is 2.18. The molecule has 2 N–H and O–H groups in total. The van der Waals surface area contributed by atoms with Gasteiger partial charge in [0.2, 0.25) is 0 Å². The van der Waals surface area contributed by atoms with Crippen LogP contribution in [0.3, 0.4) is 0 Å². The zero-order chi connectivity index (χ0) is 17.5. The molecule has 0 aliphatic carbocycles. The fourth-order valence-corrected chi connectivity index (χ4v) is 1.99. The molecule has 7 heteroatoms. The summed E-state index contributed by atoms with van der Waals surface area (Å²) in [5, 5.41) is 13.9. The molecule has 0 heterocycles. The molecular weight excluding hydrogens is 310 g/mol. The number of rotatable bonds is 5. The number of carbonyl (C=O) groups is 2. The van der Waals surface area contributed by atoms with Gasteiger partial charge in [-0.3, -0.25) is 14.8 Å². The third kappa shape index (κ3) is 3.96. The number of amides is 2. The smallest absolute Gasteiger partial charge is 0.277 e. The number of nitrogens with one attached hydrogen (secondary N) is 1. The maximum absolute atomic E-state index is 12.4.